The monoisotopic (exact) mass is 517 g/mol. The lowest BCUT2D eigenvalue weighted by Crippen LogP contribution is -2.54. The first-order valence-electron chi connectivity index (χ1n) is 11.2. The number of anilines is 1. The fourth-order valence-corrected chi connectivity index (χ4v) is 5.06. The number of hydrogen-bond donors (Lipinski definition) is 2. The molecule has 2 aliphatic rings. The van der Waals surface area contributed by atoms with Crippen molar-refractivity contribution in [2.45, 2.75) is 56.1 Å². The Morgan fingerprint density at radius 1 is 1.11 bits per heavy atom. The molecule has 0 fully saturated rings. The van der Waals surface area contributed by atoms with E-state index in [1.54, 1.807) is 19.9 Å². The first-order valence-corrected chi connectivity index (χ1v) is 11.2. The number of benzene rings is 2. The molecule has 0 saturated carbocycles. The number of alkyl halides is 6. The van der Waals surface area contributed by atoms with Crippen LogP contribution in [0, 0.1) is 5.92 Å². The molecule has 2 aliphatic heterocycles. The third kappa shape index (κ3) is 4.07. The molecule has 0 amide bonds. The average Bonchev–Trinajstić information content (AvgIpc) is 2.80. The van der Waals surface area contributed by atoms with Gasteiger partial charge in [0.1, 0.15) is 5.75 Å². The maximum absolute atomic E-state index is 13.5. The van der Waals surface area contributed by atoms with Gasteiger partial charge in [0.15, 0.2) is 0 Å². The summed E-state index contributed by atoms with van der Waals surface area (Å²) in [5.74, 6) is -0.111. The van der Waals surface area contributed by atoms with E-state index in [4.69, 9.17) is 4.74 Å². The van der Waals surface area contributed by atoms with Crippen LogP contribution in [0.1, 0.15) is 48.6 Å². The van der Waals surface area contributed by atoms with Crippen LogP contribution in [-0.4, -0.2) is 37.1 Å². The van der Waals surface area contributed by atoms with Crippen LogP contribution < -0.4 is 10.1 Å². The number of carbonyl (C=O) groups is 1. The first kappa shape index (κ1) is 26.1. The van der Waals surface area contributed by atoms with Crippen molar-refractivity contribution in [1.29, 1.82) is 0 Å². The molecule has 2 N–H and O–H groups in total. The Morgan fingerprint density at radius 2 is 1.78 bits per heavy atom. The molecule has 196 valence electrons. The van der Waals surface area contributed by atoms with E-state index in [0.717, 1.165) is 23.3 Å². The third-order valence-electron chi connectivity index (χ3n) is 7.27. The Balaban J connectivity index is 1.75. The quantitative estimate of drug-likeness (QED) is 0.411. The molecule has 0 radical (unpaired) electrons. The number of rotatable bonds is 4. The summed E-state index contributed by atoms with van der Waals surface area (Å²) >= 11 is 0. The summed E-state index contributed by atoms with van der Waals surface area (Å²) < 4.78 is 91.5. The minimum Gasteiger partial charge on any atom is -0.493 e. The molecule has 5 nitrogen and oxygen atoms in total. The smallest absolute Gasteiger partial charge is 0.430 e. The molecule has 2 heterocycles. The van der Waals surface area contributed by atoms with E-state index in [1.807, 2.05) is 12.1 Å². The molecule has 0 saturated heterocycles. The molecule has 11 heteroatoms. The Morgan fingerprint density at radius 3 is 2.39 bits per heavy atom. The van der Waals surface area contributed by atoms with Crippen molar-refractivity contribution in [3.05, 3.63) is 58.7 Å². The number of aryl methyl sites for hydroxylation is 1. The van der Waals surface area contributed by atoms with Crippen LogP contribution >= 0.6 is 0 Å². The average molecular weight is 517 g/mol. The number of halogens is 6. The van der Waals surface area contributed by atoms with Crippen molar-refractivity contribution in [3.63, 3.8) is 0 Å². The predicted octanol–water partition coefficient (Wildman–Crippen LogP) is 5.56. The SMILES string of the molecule is COC(=O)CCc1ccc2c(c1)C1Nc3ccc(C(O)(C(F)(F)F)C(F)(F)F)cc3C(C)(C)C1CO2. The molecular formula is C25H25F6NO4. The van der Waals surface area contributed by atoms with Gasteiger partial charge in [-0.25, -0.2) is 0 Å². The van der Waals surface area contributed by atoms with E-state index in [-0.39, 0.29) is 36.5 Å². The summed E-state index contributed by atoms with van der Waals surface area (Å²) in [6, 6.07) is 7.71. The predicted molar refractivity (Wildman–Crippen MR) is 118 cm³/mol. The van der Waals surface area contributed by atoms with Gasteiger partial charge in [-0.15, -0.1) is 0 Å². The topological polar surface area (TPSA) is 67.8 Å². The fourth-order valence-electron chi connectivity index (χ4n) is 5.06. The zero-order chi connectivity index (χ0) is 26.7. The number of carbonyl (C=O) groups excluding carboxylic acids is 1. The first-order chi connectivity index (χ1) is 16.6. The summed E-state index contributed by atoms with van der Waals surface area (Å²) in [6.45, 7) is 3.62. The van der Waals surface area contributed by atoms with E-state index in [2.05, 4.69) is 10.1 Å². The highest BCUT2D eigenvalue weighted by atomic mass is 19.4. The number of methoxy groups -OCH3 is 1. The molecule has 0 spiro atoms. The summed E-state index contributed by atoms with van der Waals surface area (Å²) in [5.41, 5.74) is -5.02. The molecule has 36 heavy (non-hydrogen) atoms. The summed E-state index contributed by atoms with van der Waals surface area (Å²) in [5, 5.41) is 13.2. The Hall–Kier alpha value is -2.95. The van der Waals surface area contributed by atoms with Crippen LogP contribution in [0.3, 0.4) is 0 Å². The fraction of sp³-hybridized carbons (Fsp3) is 0.480. The third-order valence-corrected chi connectivity index (χ3v) is 7.27. The lowest BCUT2D eigenvalue weighted by molar-refractivity contribution is -0.376. The van der Waals surface area contributed by atoms with Gasteiger partial charge in [-0.1, -0.05) is 32.0 Å². The molecule has 0 aliphatic carbocycles. The second-order valence-corrected chi connectivity index (χ2v) is 9.68. The van der Waals surface area contributed by atoms with Crippen molar-refractivity contribution in [1.82, 2.24) is 0 Å². The number of hydrogen-bond acceptors (Lipinski definition) is 5. The van der Waals surface area contributed by atoms with Crippen molar-refractivity contribution in [3.8, 4) is 5.75 Å². The van der Waals surface area contributed by atoms with Gasteiger partial charge in [0.25, 0.3) is 5.60 Å². The zero-order valence-corrected chi connectivity index (χ0v) is 19.7. The van der Waals surface area contributed by atoms with Gasteiger partial charge in [0.05, 0.1) is 19.8 Å². The summed E-state index contributed by atoms with van der Waals surface area (Å²) in [4.78, 5) is 11.5. The number of fused-ring (bicyclic) bond motifs is 4. The standard InChI is InChI=1S/C25H25F6NO4/c1-22(2)16-11-14(23(34,24(26,27)28)25(29,30)31)6-7-18(16)32-21-15-10-13(5-9-20(33)35-3)4-8-19(15)36-12-17(21)22/h4,6-8,10-11,17,21,32,34H,5,9,12H2,1-3H3. The van der Waals surface area contributed by atoms with Gasteiger partial charge >= 0.3 is 18.3 Å². The van der Waals surface area contributed by atoms with E-state index in [9.17, 15) is 36.2 Å². The maximum Gasteiger partial charge on any atom is 0.430 e. The highest BCUT2D eigenvalue weighted by Crippen LogP contribution is 2.55. The van der Waals surface area contributed by atoms with Gasteiger partial charge in [-0.05, 0) is 35.7 Å². The van der Waals surface area contributed by atoms with Crippen molar-refractivity contribution in [2.75, 3.05) is 19.0 Å². The van der Waals surface area contributed by atoms with Crippen molar-refractivity contribution >= 4 is 11.7 Å². The summed E-state index contributed by atoms with van der Waals surface area (Å²) in [7, 11) is 1.30. The van der Waals surface area contributed by atoms with Gasteiger partial charge in [0.2, 0.25) is 0 Å². The van der Waals surface area contributed by atoms with Crippen LogP contribution in [0.15, 0.2) is 36.4 Å². The molecular weight excluding hydrogens is 492 g/mol. The van der Waals surface area contributed by atoms with Gasteiger partial charge in [-0.3, -0.25) is 4.79 Å². The zero-order valence-electron chi connectivity index (χ0n) is 19.7. The van der Waals surface area contributed by atoms with Crippen LogP contribution in [0.25, 0.3) is 0 Å². The van der Waals surface area contributed by atoms with Crippen LogP contribution in [0.5, 0.6) is 5.75 Å². The number of nitrogens with one attached hydrogen (secondary N) is 1. The van der Waals surface area contributed by atoms with Gasteiger partial charge in [-0.2, -0.15) is 26.3 Å². The highest BCUT2D eigenvalue weighted by Gasteiger charge is 2.71. The molecule has 2 aromatic carbocycles. The van der Waals surface area contributed by atoms with E-state index < -0.39 is 28.9 Å². The Labute approximate surface area is 203 Å². The molecule has 4 rings (SSSR count). The van der Waals surface area contributed by atoms with E-state index in [0.29, 0.717) is 23.9 Å². The molecule has 0 bridgehead atoms. The second kappa shape index (κ2) is 8.57. The molecule has 2 atom stereocenters. The van der Waals surface area contributed by atoms with Crippen molar-refractivity contribution in [2.24, 2.45) is 5.92 Å². The molecule has 2 unspecified atom stereocenters. The van der Waals surface area contributed by atoms with E-state index >= 15 is 0 Å². The number of aliphatic hydroxyl groups is 1. The molecule has 0 aromatic heterocycles. The minimum absolute atomic E-state index is 0.172. The second-order valence-electron chi connectivity index (χ2n) is 9.68. The Bertz CT molecular complexity index is 1160. The highest BCUT2D eigenvalue weighted by molar-refractivity contribution is 5.69. The minimum atomic E-state index is -5.97. The molecule has 2 aromatic rings. The van der Waals surface area contributed by atoms with Crippen LogP contribution in [0.2, 0.25) is 0 Å². The Kier molecular flexibility index (Phi) is 6.22. The van der Waals surface area contributed by atoms with Crippen LogP contribution in [0.4, 0.5) is 32.0 Å². The van der Waals surface area contributed by atoms with Crippen LogP contribution in [-0.2, 0) is 27.0 Å². The lowest BCUT2D eigenvalue weighted by atomic mass is 9.64. The lowest BCUT2D eigenvalue weighted by Gasteiger charge is -2.49. The van der Waals surface area contributed by atoms with Gasteiger partial charge in [0, 0.05) is 34.6 Å². The normalized spacial score (nSPS) is 20.8. The largest absolute Gasteiger partial charge is 0.493 e. The maximum atomic E-state index is 13.5. The number of esters is 1. The van der Waals surface area contributed by atoms with Crippen molar-refractivity contribution < 1.29 is 45.7 Å². The van der Waals surface area contributed by atoms with E-state index in [1.165, 1.54) is 7.11 Å². The van der Waals surface area contributed by atoms with Gasteiger partial charge < -0.3 is 19.9 Å². The number of ether oxygens (including phenoxy) is 2. The summed E-state index contributed by atoms with van der Waals surface area (Å²) in [6.07, 6.45) is -11.3.